The third-order valence-electron chi connectivity index (χ3n) is 2.68. The van der Waals surface area contributed by atoms with Gasteiger partial charge in [-0.25, -0.2) is 4.39 Å². The van der Waals surface area contributed by atoms with E-state index < -0.39 is 17.3 Å². The van der Waals surface area contributed by atoms with Gasteiger partial charge in [0.1, 0.15) is 0 Å². The molecule has 0 saturated carbocycles. The number of benzene rings is 1. The largest absolute Gasteiger partial charge is 0.478 e. The number of aliphatic hydroxyl groups is 1. The van der Waals surface area contributed by atoms with Crippen molar-refractivity contribution in [2.24, 2.45) is 5.41 Å². The van der Waals surface area contributed by atoms with Crippen molar-refractivity contribution in [3.63, 3.8) is 0 Å². The zero-order chi connectivity index (χ0) is 14.5. The summed E-state index contributed by atoms with van der Waals surface area (Å²) in [5.74, 6) is -0.797. The van der Waals surface area contributed by atoms with Gasteiger partial charge in [-0.2, -0.15) is 0 Å². The van der Waals surface area contributed by atoms with Crippen molar-refractivity contribution >= 4 is 5.91 Å². The Hall–Kier alpha value is -1.62. The lowest BCUT2D eigenvalue weighted by Crippen LogP contribution is -2.42. The summed E-state index contributed by atoms with van der Waals surface area (Å²) in [7, 11) is 0. The molecular weight excluding hydrogens is 249 g/mol. The fourth-order valence-electron chi connectivity index (χ4n) is 1.31. The molecule has 106 valence electrons. The van der Waals surface area contributed by atoms with Gasteiger partial charge in [-0.3, -0.25) is 4.79 Å². The van der Waals surface area contributed by atoms with Gasteiger partial charge in [0.15, 0.2) is 17.7 Å². The molecule has 2 N–H and O–H groups in total. The van der Waals surface area contributed by atoms with Crippen molar-refractivity contribution in [1.82, 2.24) is 5.32 Å². The van der Waals surface area contributed by atoms with Gasteiger partial charge < -0.3 is 15.2 Å². The van der Waals surface area contributed by atoms with Crippen molar-refractivity contribution in [2.45, 2.75) is 26.9 Å². The first-order chi connectivity index (χ1) is 8.85. The predicted molar refractivity (Wildman–Crippen MR) is 70.4 cm³/mol. The van der Waals surface area contributed by atoms with E-state index in [1.54, 1.807) is 19.1 Å². The Kier molecular flexibility index (Phi) is 5.30. The van der Waals surface area contributed by atoms with Gasteiger partial charge in [-0.05, 0) is 19.1 Å². The third-order valence-corrected chi connectivity index (χ3v) is 2.68. The molecule has 0 aliphatic rings. The minimum atomic E-state index is -0.800. The number of carbonyl (C=O) groups is 1. The highest BCUT2D eigenvalue weighted by molar-refractivity contribution is 5.80. The summed E-state index contributed by atoms with van der Waals surface area (Å²) in [5, 5.41) is 11.8. The van der Waals surface area contributed by atoms with Crippen LogP contribution in [-0.4, -0.2) is 30.3 Å². The lowest BCUT2D eigenvalue weighted by molar-refractivity contribution is -0.127. The normalized spacial score (nSPS) is 12.9. The number of para-hydroxylation sites is 1. The molecule has 0 spiro atoms. The van der Waals surface area contributed by atoms with E-state index in [2.05, 4.69) is 5.32 Å². The molecule has 5 heteroatoms. The summed E-state index contributed by atoms with van der Waals surface area (Å²) in [5.41, 5.74) is -0.395. The molecule has 0 fully saturated rings. The van der Waals surface area contributed by atoms with E-state index in [1.807, 2.05) is 13.8 Å². The molecule has 0 saturated heterocycles. The fraction of sp³-hybridized carbons (Fsp3) is 0.500. The predicted octanol–water partition coefficient (Wildman–Crippen LogP) is 1.73. The van der Waals surface area contributed by atoms with E-state index in [-0.39, 0.29) is 18.3 Å². The van der Waals surface area contributed by atoms with E-state index in [4.69, 9.17) is 9.84 Å². The summed E-state index contributed by atoms with van der Waals surface area (Å²) < 4.78 is 18.6. The maximum atomic E-state index is 13.4. The molecule has 4 nitrogen and oxygen atoms in total. The molecule has 1 atom stereocenters. The van der Waals surface area contributed by atoms with E-state index >= 15 is 0 Å². The van der Waals surface area contributed by atoms with Crippen LogP contribution in [-0.2, 0) is 4.79 Å². The topological polar surface area (TPSA) is 58.6 Å². The van der Waals surface area contributed by atoms with Gasteiger partial charge >= 0.3 is 0 Å². The standard InChI is InChI=1S/C14H20FNO3/c1-10(13(18)16-8-14(2,3)9-17)19-12-7-5-4-6-11(12)15/h4-7,10,17H,8-9H2,1-3H3,(H,16,18). The molecule has 0 bridgehead atoms. The van der Waals surface area contributed by atoms with Crippen molar-refractivity contribution in [1.29, 1.82) is 0 Å². The van der Waals surface area contributed by atoms with E-state index in [0.29, 0.717) is 6.54 Å². The molecule has 1 aromatic rings. The van der Waals surface area contributed by atoms with Crippen LogP contribution in [0.2, 0.25) is 0 Å². The second-order valence-corrected chi connectivity index (χ2v) is 5.23. The Morgan fingerprint density at radius 1 is 1.47 bits per heavy atom. The molecule has 1 rings (SSSR count). The number of hydrogen-bond donors (Lipinski definition) is 2. The number of aliphatic hydroxyl groups excluding tert-OH is 1. The Morgan fingerprint density at radius 2 is 2.11 bits per heavy atom. The summed E-state index contributed by atoms with van der Waals surface area (Å²) in [6.45, 7) is 5.50. The van der Waals surface area contributed by atoms with Crippen LogP contribution < -0.4 is 10.1 Å². The monoisotopic (exact) mass is 269 g/mol. The number of nitrogens with one attached hydrogen (secondary N) is 1. The van der Waals surface area contributed by atoms with Gasteiger partial charge in [0.05, 0.1) is 0 Å². The molecule has 0 aromatic heterocycles. The molecule has 0 aliphatic heterocycles. The average molecular weight is 269 g/mol. The molecule has 0 aliphatic carbocycles. The van der Waals surface area contributed by atoms with E-state index in [9.17, 15) is 9.18 Å². The molecule has 1 unspecified atom stereocenters. The Morgan fingerprint density at radius 3 is 2.68 bits per heavy atom. The zero-order valence-corrected chi connectivity index (χ0v) is 11.4. The van der Waals surface area contributed by atoms with Crippen molar-refractivity contribution < 1.29 is 19.0 Å². The quantitative estimate of drug-likeness (QED) is 0.827. The average Bonchev–Trinajstić information content (AvgIpc) is 2.38. The van der Waals surface area contributed by atoms with E-state index in [1.165, 1.54) is 12.1 Å². The van der Waals surface area contributed by atoms with Crippen LogP contribution in [0.1, 0.15) is 20.8 Å². The lowest BCUT2D eigenvalue weighted by atomic mass is 9.95. The highest BCUT2D eigenvalue weighted by Crippen LogP contribution is 2.17. The first-order valence-electron chi connectivity index (χ1n) is 6.15. The van der Waals surface area contributed by atoms with Crippen molar-refractivity contribution in [3.8, 4) is 5.75 Å². The molecular formula is C14H20FNO3. The maximum absolute atomic E-state index is 13.4. The van der Waals surface area contributed by atoms with Crippen LogP contribution in [0.25, 0.3) is 0 Å². The molecule has 19 heavy (non-hydrogen) atoms. The maximum Gasteiger partial charge on any atom is 0.260 e. The van der Waals surface area contributed by atoms with E-state index in [0.717, 1.165) is 0 Å². The van der Waals surface area contributed by atoms with Crippen LogP contribution in [0.4, 0.5) is 4.39 Å². The van der Waals surface area contributed by atoms with Crippen LogP contribution in [0.15, 0.2) is 24.3 Å². The Bertz CT molecular complexity index is 434. The summed E-state index contributed by atoms with van der Waals surface area (Å²) in [6.07, 6.45) is -0.800. The first kappa shape index (κ1) is 15.4. The van der Waals surface area contributed by atoms with Crippen molar-refractivity contribution in [3.05, 3.63) is 30.1 Å². The van der Waals surface area contributed by atoms with Gasteiger partial charge in [0.25, 0.3) is 5.91 Å². The number of ether oxygens (including phenoxy) is 1. The smallest absolute Gasteiger partial charge is 0.260 e. The number of amides is 1. The number of carbonyl (C=O) groups excluding carboxylic acids is 1. The van der Waals surface area contributed by atoms with Crippen LogP contribution >= 0.6 is 0 Å². The summed E-state index contributed by atoms with van der Waals surface area (Å²) in [4.78, 5) is 11.8. The highest BCUT2D eigenvalue weighted by atomic mass is 19.1. The SMILES string of the molecule is CC(Oc1ccccc1F)C(=O)NCC(C)(C)CO. The van der Waals surface area contributed by atoms with Gasteiger partial charge in [0.2, 0.25) is 0 Å². The lowest BCUT2D eigenvalue weighted by Gasteiger charge is -2.23. The molecule has 1 amide bonds. The van der Waals surface area contributed by atoms with Crippen LogP contribution in [0.3, 0.4) is 0 Å². The van der Waals surface area contributed by atoms with Gasteiger partial charge in [-0.15, -0.1) is 0 Å². The summed E-state index contributed by atoms with van der Waals surface area (Å²) in [6, 6.07) is 5.93. The minimum Gasteiger partial charge on any atom is -0.478 e. The molecule has 1 aromatic carbocycles. The highest BCUT2D eigenvalue weighted by Gasteiger charge is 2.21. The second kappa shape index (κ2) is 6.52. The van der Waals surface area contributed by atoms with Gasteiger partial charge in [-0.1, -0.05) is 26.0 Å². The zero-order valence-electron chi connectivity index (χ0n) is 11.4. The van der Waals surface area contributed by atoms with Crippen molar-refractivity contribution in [2.75, 3.05) is 13.2 Å². The van der Waals surface area contributed by atoms with Gasteiger partial charge in [0, 0.05) is 18.6 Å². The Labute approximate surface area is 112 Å². The number of halogens is 1. The third kappa shape index (κ3) is 4.87. The second-order valence-electron chi connectivity index (χ2n) is 5.23. The summed E-state index contributed by atoms with van der Waals surface area (Å²) >= 11 is 0. The molecule has 0 heterocycles. The first-order valence-corrected chi connectivity index (χ1v) is 6.15. The van der Waals surface area contributed by atoms with Crippen LogP contribution in [0.5, 0.6) is 5.75 Å². The molecule has 0 radical (unpaired) electrons. The Balaban J connectivity index is 2.52. The number of hydrogen-bond acceptors (Lipinski definition) is 3. The van der Waals surface area contributed by atoms with Crippen LogP contribution in [0, 0.1) is 11.2 Å². The minimum absolute atomic E-state index is 0.0319. The fourth-order valence-corrected chi connectivity index (χ4v) is 1.31. The number of rotatable bonds is 6.